The number of rotatable bonds is 1. The summed E-state index contributed by atoms with van der Waals surface area (Å²) in [5, 5.41) is 0. The Kier molecular flexibility index (Phi) is 1.23. The van der Waals surface area contributed by atoms with Crippen molar-refractivity contribution in [2.24, 2.45) is 23.0 Å². The zero-order valence-electron chi connectivity index (χ0n) is 8.18. The molecule has 0 heterocycles. The Labute approximate surface area is 78.9 Å². The first-order chi connectivity index (χ1) is 6.04. The van der Waals surface area contributed by atoms with Gasteiger partial charge in [0.15, 0.2) is 0 Å². The first-order valence-corrected chi connectivity index (χ1v) is 5.34. The van der Waals surface area contributed by atoms with Crippen LogP contribution in [0.25, 0.3) is 0 Å². The molecule has 2 N–H and O–H groups in total. The molecule has 13 heavy (non-hydrogen) atoms. The largest absolute Gasteiger partial charge is 0.325 e. The van der Waals surface area contributed by atoms with Gasteiger partial charge < -0.3 is 5.73 Å². The molecule has 0 saturated heterocycles. The van der Waals surface area contributed by atoms with Gasteiger partial charge in [-0.15, -0.1) is 0 Å². The molecular formula is C11H17NO. The molecule has 4 aliphatic rings. The molecule has 0 aromatic carbocycles. The van der Waals surface area contributed by atoms with Crippen LogP contribution in [0.15, 0.2) is 0 Å². The van der Waals surface area contributed by atoms with E-state index in [1.807, 2.05) is 0 Å². The van der Waals surface area contributed by atoms with E-state index in [0.717, 1.165) is 25.2 Å². The second kappa shape index (κ2) is 2.00. The van der Waals surface area contributed by atoms with E-state index in [1.165, 1.54) is 12.8 Å². The van der Waals surface area contributed by atoms with Crippen LogP contribution in [0.5, 0.6) is 0 Å². The first kappa shape index (κ1) is 7.98. The van der Waals surface area contributed by atoms with Crippen LogP contribution in [0.2, 0.25) is 0 Å². The third-order valence-electron chi connectivity index (χ3n) is 4.77. The molecule has 4 unspecified atom stereocenters. The van der Waals surface area contributed by atoms with Crippen molar-refractivity contribution in [1.82, 2.24) is 0 Å². The minimum absolute atomic E-state index is 0.0255. The van der Waals surface area contributed by atoms with E-state index in [-0.39, 0.29) is 11.0 Å². The molecule has 0 aromatic heterocycles. The number of ketones is 1. The van der Waals surface area contributed by atoms with Gasteiger partial charge in [-0.25, -0.2) is 0 Å². The van der Waals surface area contributed by atoms with E-state index < -0.39 is 0 Å². The van der Waals surface area contributed by atoms with Crippen LogP contribution in [0, 0.1) is 17.3 Å². The fourth-order valence-electron chi connectivity index (χ4n) is 4.52. The van der Waals surface area contributed by atoms with Crippen molar-refractivity contribution in [1.29, 1.82) is 0 Å². The molecular weight excluding hydrogens is 162 g/mol. The summed E-state index contributed by atoms with van der Waals surface area (Å²) in [7, 11) is 0. The third-order valence-corrected chi connectivity index (χ3v) is 4.77. The predicted octanol–water partition coefficient (Wildman–Crippen LogP) is 1.48. The van der Waals surface area contributed by atoms with E-state index in [1.54, 1.807) is 6.92 Å². The maximum atomic E-state index is 11.7. The lowest BCUT2D eigenvalue weighted by molar-refractivity contribution is -0.128. The van der Waals surface area contributed by atoms with Crippen LogP contribution in [0.3, 0.4) is 0 Å². The zero-order valence-corrected chi connectivity index (χ0v) is 8.18. The summed E-state index contributed by atoms with van der Waals surface area (Å²) in [6.07, 6.45) is 5.70. The Balaban J connectivity index is 2.06. The van der Waals surface area contributed by atoms with Gasteiger partial charge in [-0.2, -0.15) is 0 Å². The summed E-state index contributed by atoms with van der Waals surface area (Å²) in [5.41, 5.74) is 6.36. The molecule has 4 bridgehead atoms. The van der Waals surface area contributed by atoms with Crippen molar-refractivity contribution < 1.29 is 4.79 Å². The predicted molar refractivity (Wildman–Crippen MR) is 50.1 cm³/mol. The Morgan fingerprint density at radius 3 is 2.69 bits per heavy atom. The van der Waals surface area contributed by atoms with Crippen molar-refractivity contribution in [3.05, 3.63) is 0 Å². The fourth-order valence-corrected chi connectivity index (χ4v) is 4.52. The van der Waals surface area contributed by atoms with Crippen molar-refractivity contribution in [3.8, 4) is 0 Å². The zero-order chi connectivity index (χ0) is 9.27. The molecule has 0 radical (unpaired) electrons. The standard InChI is InChI=1S/C11H17NO/c1-7(13)11-4-8-2-9(11)5-10(12,3-8)6-11/h8-9H,2-6,12H2,1H3. The highest BCUT2D eigenvalue weighted by Crippen LogP contribution is 2.66. The van der Waals surface area contributed by atoms with E-state index >= 15 is 0 Å². The third kappa shape index (κ3) is 0.804. The van der Waals surface area contributed by atoms with E-state index in [0.29, 0.717) is 11.7 Å². The lowest BCUT2D eigenvalue weighted by Gasteiger charge is -2.37. The molecule has 4 fully saturated rings. The molecule has 0 aliphatic heterocycles. The van der Waals surface area contributed by atoms with Gasteiger partial charge in [-0.1, -0.05) is 0 Å². The van der Waals surface area contributed by atoms with Gasteiger partial charge in [-0.05, 0) is 50.9 Å². The Morgan fingerprint density at radius 1 is 1.38 bits per heavy atom. The molecule has 2 nitrogen and oxygen atoms in total. The second-order valence-corrected chi connectivity index (χ2v) is 5.66. The smallest absolute Gasteiger partial charge is 0.136 e. The maximum absolute atomic E-state index is 11.7. The van der Waals surface area contributed by atoms with Gasteiger partial charge in [0.1, 0.15) is 5.78 Å². The summed E-state index contributed by atoms with van der Waals surface area (Å²) < 4.78 is 0. The quantitative estimate of drug-likeness (QED) is 0.662. The second-order valence-electron chi connectivity index (χ2n) is 5.66. The van der Waals surface area contributed by atoms with Crippen LogP contribution < -0.4 is 5.73 Å². The molecule has 0 aromatic rings. The van der Waals surface area contributed by atoms with Crippen molar-refractivity contribution in [2.45, 2.75) is 44.6 Å². The maximum Gasteiger partial charge on any atom is 0.136 e. The van der Waals surface area contributed by atoms with Crippen LogP contribution in [0.1, 0.15) is 39.0 Å². The van der Waals surface area contributed by atoms with Crippen LogP contribution >= 0.6 is 0 Å². The Hall–Kier alpha value is -0.370. The lowest BCUT2D eigenvalue weighted by Crippen LogP contribution is -2.45. The highest BCUT2D eigenvalue weighted by atomic mass is 16.1. The number of Topliss-reactive ketones (excluding diaryl/α,β-unsaturated/α-hetero) is 1. The number of carbonyl (C=O) groups is 1. The average Bonchev–Trinajstić information content (AvgIpc) is 2.33. The molecule has 4 atom stereocenters. The minimum Gasteiger partial charge on any atom is -0.325 e. The molecule has 0 spiro atoms. The van der Waals surface area contributed by atoms with Gasteiger partial charge in [-0.3, -0.25) is 4.79 Å². The monoisotopic (exact) mass is 179 g/mol. The average molecular weight is 179 g/mol. The van der Waals surface area contributed by atoms with Crippen LogP contribution in [-0.2, 0) is 4.79 Å². The van der Waals surface area contributed by atoms with Gasteiger partial charge in [0.05, 0.1) is 0 Å². The number of hydrogen-bond donors (Lipinski definition) is 1. The van der Waals surface area contributed by atoms with Crippen molar-refractivity contribution in [2.75, 3.05) is 0 Å². The normalized spacial score (nSPS) is 57.4. The molecule has 4 aliphatic carbocycles. The van der Waals surface area contributed by atoms with Gasteiger partial charge in [0.25, 0.3) is 0 Å². The van der Waals surface area contributed by atoms with Gasteiger partial charge in [0.2, 0.25) is 0 Å². The number of nitrogens with two attached hydrogens (primary N) is 1. The number of hydrogen-bond acceptors (Lipinski definition) is 2. The summed E-state index contributed by atoms with van der Waals surface area (Å²) in [6, 6.07) is 0. The van der Waals surface area contributed by atoms with E-state index in [4.69, 9.17) is 5.73 Å². The van der Waals surface area contributed by atoms with Gasteiger partial charge in [0, 0.05) is 11.0 Å². The molecule has 0 amide bonds. The number of carbonyl (C=O) groups excluding carboxylic acids is 1. The molecule has 2 heteroatoms. The summed E-state index contributed by atoms with van der Waals surface area (Å²) >= 11 is 0. The van der Waals surface area contributed by atoms with Crippen LogP contribution in [-0.4, -0.2) is 11.3 Å². The highest BCUT2D eigenvalue weighted by Gasteiger charge is 2.64. The highest BCUT2D eigenvalue weighted by molar-refractivity contribution is 5.84. The molecule has 4 saturated carbocycles. The van der Waals surface area contributed by atoms with Crippen LogP contribution in [0.4, 0.5) is 0 Å². The summed E-state index contributed by atoms with van der Waals surface area (Å²) in [5.74, 6) is 1.81. The first-order valence-electron chi connectivity index (χ1n) is 5.34. The SMILES string of the molecule is CC(=O)C12CC3CC1CC(N)(C3)C2. The summed E-state index contributed by atoms with van der Waals surface area (Å²) in [6.45, 7) is 1.77. The summed E-state index contributed by atoms with van der Waals surface area (Å²) in [4.78, 5) is 11.7. The minimum atomic E-state index is 0.0255. The van der Waals surface area contributed by atoms with E-state index in [2.05, 4.69) is 0 Å². The Bertz CT molecular complexity index is 288. The molecule has 72 valence electrons. The topological polar surface area (TPSA) is 43.1 Å². The lowest BCUT2D eigenvalue weighted by atomic mass is 9.71. The van der Waals surface area contributed by atoms with E-state index in [9.17, 15) is 4.79 Å². The van der Waals surface area contributed by atoms with Gasteiger partial charge >= 0.3 is 0 Å². The fraction of sp³-hybridized carbons (Fsp3) is 0.909. The molecule has 4 rings (SSSR count). The Morgan fingerprint density at radius 2 is 2.15 bits per heavy atom. The van der Waals surface area contributed by atoms with Crippen molar-refractivity contribution in [3.63, 3.8) is 0 Å². The van der Waals surface area contributed by atoms with Crippen molar-refractivity contribution >= 4 is 5.78 Å².